The van der Waals surface area contributed by atoms with Gasteiger partial charge >= 0.3 is 59.1 Å². The molecule has 0 amide bonds. The van der Waals surface area contributed by atoms with Crippen LogP contribution in [-0.4, -0.2) is 11.9 Å². The summed E-state index contributed by atoms with van der Waals surface area (Å²) in [6.07, 6.45) is 21.8. The maximum atomic E-state index is 10.8. The number of carbonyl (C=O) groups is 2. The second kappa shape index (κ2) is 25.7. The maximum Gasteiger partial charge on any atom is 1.00 e. The van der Waals surface area contributed by atoms with Crippen LogP contribution in [-0.2, 0) is 9.59 Å². The number of hydrogen-bond acceptors (Lipinski definition) is 4. The molecule has 1 atom stereocenters. The van der Waals surface area contributed by atoms with Gasteiger partial charge in [0.05, 0.1) is 0 Å². The van der Waals surface area contributed by atoms with Gasteiger partial charge < -0.3 is 19.8 Å². The van der Waals surface area contributed by atoms with Crippen molar-refractivity contribution >= 4 is 11.9 Å². The fourth-order valence-corrected chi connectivity index (χ4v) is 3.13. The van der Waals surface area contributed by atoms with Crippen LogP contribution in [0, 0.1) is 5.92 Å². The smallest absolute Gasteiger partial charge is 0.550 e. The summed E-state index contributed by atoms with van der Waals surface area (Å²) in [5.74, 6) is -3.79. The monoisotopic (exact) mass is 412 g/mol. The van der Waals surface area contributed by atoms with Crippen LogP contribution in [0.4, 0.5) is 0 Å². The Balaban J connectivity index is -0.00000312. The summed E-state index contributed by atoms with van der Waals surface area (Å²) < 4.78 is 0. The van der Waals surface area contributed by atoms with E-state index in [0.29, 0.717) is 0 Å². The van der Waals surface area contributed by atoms with Gasteiger partial charge in [0.2, 0.25) is 0 Å². The second-order valence-corrected chi connectivity index (χ2v) is 7.31. The average Bonchev–Trinajstić information content (AvgIpc) is 2.59. The van der Waals surface area contributed by atoms with Crippen LogP contribution in [0.2, 0.25) is 0 Å². The Hall–Kier alpha value is 0.680. The van der Waals surface area contributed by atoms with Crippen molar-refractivity contribution in [2.75, 3.05) is 0 Å². The quantitative estimate of drug-likeness (QED) is 0.139. The summed E-state index contributed by atoms with van der Waals surface area (Å²) in [6, 6.07) is 0. The van der Waals surface area contributed by atoms with Gasteiger partial charge in [0.1, 0.15) is 0 Å². The molecule has 0 N–H and O–H groups in total. The SMILES string of the molecule is CCCCCCCCCCCCCCCC/C=C/C(CC(=O)[O-])C(=O)[O-].[Na+].[Na+]. The fraction of sp³-hybridized carbons (Fsp3) is 0.818. The van der Waals surface area contributed by atoms with Crippen LogP contribution >= 0.6 is 0 Å². The molecule has 0 saturated carbocycles. The van der Waals surface area contributed by atoms with Crippen molar-refractivity contribution in [3.05, 3.63) is 12.2 Å². The molecule has 4 nitrogen and oxygen atoms in total. The molecule has 0 spiro atoms. The van der Waals surface area contributed by atoms with Gasteiger partial charge in [-0.05, 0) is 19.3 Å². The first-order valence-electron chi connectivity index (χ1n) is 10.6. The normalized spacial score (nSPS) is 11.6. The van der Waals surface area contributed by atoms with Crippen molar-refractivity contribution in [1.29, 1.82) is 0 Å². The second-order valence-electron chi connectivity index (χ2n) is 7.31. The zero-order valence-corrected chi connectivity index (χ0v) is 22.7. The summed E-state index contributed by atoms with van der Waals surface area (Å²) in [4.78, 5) is 21.2. The van der Waals surface area contributed by atoms with E-state index in [1.165, 1.54) is 83.1 Å². The van der Waals surface area contributed by atoms with Gasteiger partial charge in [0, 0.05) is 17.9 Å². The first-order valence-corrected chi connectivity index (χ1v) is 10.6. The van der Waals surface area contributed by atoms with Gasteiger partial charge in [-0.2, -0.15) is 0 Å². The van der Waals surface area contributed by atoms with Crippen LogP contribution in [0.15, 0.2) is 12.2 Å². The Labute approximate surface area is 216 Å². The van der Waals surface area contributed by atoms with Crippen molar-refractivity contribution in [3.63, 3.8) is 0 Å². The molecule has 0 aliphatic rings. The summed E-state index contributed by atoms with van der Waals surface area (Å²) in [5.41, 5.74) is 0. The Bertz CT molecular complexity index is 387. The topological polar surface area (TPSA) is 80.3 Å². The van der Waals surface area contributed by atoms with E-state index < -0.39 is 24.3 Å². The van der Waals surface area contributed by atoms with Crippen LogP contribution < -0.4 is 69.3 Å². The predicted octanol–water partition coefficient (Wildman–Crippen LogP) is -2.07. The molecule has 0 heterocycles. The first kappa shape index (κ1) is 33.3. The number of carboxylic acid groups (broad SMARTS) is 2. The first-order chi connectivity index (χ1) is 12.6. The zero-order chi connectivity index (χ0) is 19.5. The van der Waals surface area contributed by atoms with E-state index >= 15 is 0 Å². The van der Waals surface area contributed by atoms with E-state index in [9.17, 15) is 19.8 Å². The minimum atomic E-state index is -1.36. The van der Waals surface area contributed by atoms with E-state index in [1.807, 2.05) is 0 Å². The number of carboxylic acids is 2. The van der Waals surface area contributed by atoms with Crippen molar-refractivity contribution in [2.45, 2.75) is 110 Å². The van der Waals surface area contributed by atoms with Gasteiger partial charge in [-0.15, -0.1) is 0 Å². The number of aliphatic carboxylic acids is 2. The molecule has 0 aliphatic carbocycles. The molecule has 0 rings (SSSR count). The molecule has 1 unspecified atom stereocenters. The molecule has 0 aliphatic heterocycles. The predicted molar refractivity (Wildman–Crippen MR) is 102 cm³/mol. The maximum absolute atomic E-state index is 10.8. The number of rotatable bonds is 19. The largest absolute Gasteiger partial charge is 1.00 e. The molecule has 0 fully saturated rings. The third-order valence-electron chi connectivity index (χ3n) is 4.78. The molecule has 152 valence electrons. The van der Waals surface area contributed by atoms with E-state index in [-0.39, 0.29) is 59.1 Å². The van der Waals surface area contributed by atoms with Crippen LogP contribution in [0.3, 0.4) is 0 Å². The number of carbonyl (C=O) groups excluding carboxylic acids is 2. The van der Waals surface area contributed by atoms with Crippen molar-refractivity contribution in [1.82, 2.24) is 0 Å². The Morgan fingerprint density at radius 1 is 0.714 bits per heavy atom. The number of unbranched alkanes of at least 4 members (excludes halogenated alkanes) is 14. The molecule has 6 heteroatoms. The van der Waals surface area contributed by atoms with Gasteiger partial charge in [-0.1, -0.05) is 103 Å². The Kier molecular flexibility index (Phi) is 30.6. The average molecular weight is 413 g/mol. The Morgan fingerprint density at radius 2 is 1.11 bits per heavy atom. The van der Waals surface area contributed by atoms with Crippen LogP contribution in [0.5, 0.6) is 0 Å². The molecule has 0 saturated heterocycles. The van der Waals surface area contributed by atoms with Crippen molar-refractivity contribution in [2.24, 2.45) is 5.92 Å². The van der Waals surface area contributed by atoms with Gasteiger partial charge in [0.25, 0.3) is 0 Å². The minimum absolute atomic E-state index is 0. The third-order valence-corrected chi connectivity index (χ3v) is 4.78. The van der Waals surface area contributed by atoms with Gasteiger partial charge in [-0.3, -0.25) is 0 Å². The van der Waals surface area contributed by atoms with Crippen molar-refractivity contribution < 1.29 is 78.9 Å². The molecule has 28 heavy (non-hydrogen) atoms. The van der Waals surface area contributed by atoms with E-state index in [0.717, 1.165) is 19.3 Å². The van der Waals surface area contributed by atoms with E-state index in [2.05, 4.69) is 6.92 Å². The van der Waals surface area contributed by atoms with Gasteiger partial charge in [-0.25, -0.2) is 0 Å². The summed E-state index contributed by atoms with van der Waals surface area (Å²) >= 11 is 0. The Morgan fingerprint density at radius 3 is 1.46 bits per heavy atom. The molecule has 0 bridgehead atoms. The van der Waals surface area contributed by atoms with E-state index in [4.69, 9.17) is 0 Å². The molecule has 0 aromatic rings. The molecular weight excluding hydrogens is 374 g/mol. The molecule has 0 aromatic carbocycles. The molecule has 0 radical (unpaired) electrons. The minimum Gasteiger partial charge on any atom is -0.550 e. The fourth-order valence-electron chi connectivity index (χ4n) is 3.13. The summed E-state index contributed by atoms with van der Waals surface area (Å²) in [7, 11) is 0. The summed E-state index contributed by atoms with van der Waals surface area (Å²) in [5, 5.41) is 21.2. The van der Waals surface area contributed by atoms with Crippen molar-refractivity contribution in [3.8, 4) is 0 Å². The third kappa shape index (κ3) is 24.7. The molecule has 0 aromatic heterocycles. The van der Waals surface area contributed by atoms with E-state index in [1.54, 1.807) is 6.08 Å². The summed E-state index contributed by atoms with van der Waals surface area (Å²) in [6.45, 7) is 2.25. The molecular formula is C22H38Na2O4. The number of hydrogen-bond donors (Lipinski definition) is 0. The number of allylic oxidation sites excluding steroid dienone is 1. The van der Waals surface area contributed by atoms with Crippen LogP contribution in [0.1, 0.15) is 110 Å². The van der Waals surface area contributed by atoms with Gasteiger partial charge in [0.15, 0.2) is 0 Å². The van der Waals surface area contributed by atoms with Crippen LogP contribution in [0.25, 0.3) is 0 Å². The zero-order valence-electron chi connectivity index (χ0n) is 18.7. The standard InChI is InChI=1S/C22H40O4.2Na/c1-2-3-4-5-6-7-8-9-10-11-12-13-14-15-16-17-18-20(22(25)26)19-21(23)24;;/h17-18,20H,2-16,19H2,1H3,(H,23,24)(H,25,26);;/q;2*+1/p-2/b18-17+;;.